The molecule has 0 aliphatic carbocycles. The molecule has 0 saturated carbocycles. The third kappa shape index (κ3) is 6.31. The van der Waals surface area contributed by atoms with E-state index in [-0.39, 0.29) is 17.9 Å². The van der Waals surface area contributed by atoms with Crippen molar-refractivity contribution in [3.05, 3.63) is 71.5 Å². The Hall–Kier alpha value is -3.81. The molecule has 196 valence electrons. The molecule has 3 aromatic rings. The number of amides is 2. The molecular weight excluding hydrogens is 468 g/mol. The van der Waals surface area contributed by atoms with Crippen molar-refractivity contribution in [3.8, 4) is 11.4 Å². The highest BCUT2D eigenvalue weighted by molar-refractivity contribution is 6.05. The number of aromatic nitrogens is 2. The van der Waals surface area contributed by atoms with E-state index < -0.39 is 5.60 Å². The summed E-state index contributed by atoms with van der Waals surface area (Å²) in [5.74, 6) is 0.594. The second-order valence-electron chi connectivity index (χ2n) is 10.3. The van der Waals surface area contributed by atoms with E-state index in [2.05, 4.69) is 17.3 Å². The van der Waals surface area contributed by atoms with Crippen LogP contribution in [0, 0.1) is 0 Å². The average molecular weight is 505 g/mol. The van der Waals surface area contributed by atoms with Crippen molar-refractivity contribution in [1.29, 1.82) is 0 Å². The Kier molecular flexibility index (Phi) is 7.86. The van der Waals surface area contributed by atoms with Gasteiger partial charge in [0, 0.05) is 24.7 Å². The van der Waals surface area contributed by atoms with Gasteiger partial charge in [-0.25, -0.2) is 9.48 Å². The molecule has 0 spiro atoms. The fourth-order valence-corrected chi connectivity index (χ4v) is 4.54. The maximum Gasteiger partial charge on any atom is 0.410 e. The van der Waals surface area contributed by atoms with Crippen LogP contribution in [0.2, 0.25) is 0 Å². The molecule has 0 atom stereocenters. The molecule has 1 aromatic heterocycles. The molecule has 2 amide bonds. The second kappa shape index (κ2) is 11.1. The topological polar surface area (TPSA) is 85.7 Å². The van der Waals surface area contributed by atoms with Crippen LogP contribution in [0.1, 0.15) is 68.1 Å². The van der Waals surface area contributed by atoms with E-state index in [4.69, 9.17) is 9.47 Å². The monoisotopic (exact) mass is 504 g/mol. The quantitative estimate of drug-likeness (QED) is 0.458. The van der Waals surface area contributed by atoms with Crippen LogP contribution < -0.4 is 10.1 Å². The number of benzene rings is 2. The molecule has 1 aliphatic rings. The lowest BCUT2D eigenvalue weighted by Gasteiger charge is -2.34. The summed E-state index contributed by atoms with van der Waals surface area (Å²) in [6.45, 7) is 8.80. The van der Waals surface area contributed by atoms with Crippen molar-refractivity contribution in [2.45, 2.75) is 58.5 Å². The molecule has 8 heteroatoms. The lowest BCUT2D eigenvalue weighted by atomic mass is 9.90. The normalized spacial score (nSPS) is 14.4. The van der Waals surface area contributed by atoms with Crippen LogP contribution in [0.4, 0.5) is 10.5 Å². The molecule has 2 aromatic carbocycles. The summed E-state index contributed by atoms with van der Waals surface area (Å²) in [5.41, 5.74) is 3.63. The van der Waals surface area contributed by atoms with Crippen molar-refractivity contribution < 1.29 is 19.1 Å². The summed E-state index contributed by atoms with van der Waals surface area (Å²) < 4.78 is 12.7. The first-order chi connectivity index (χ1) is 17.7. The molecule has 1 saturated heterocycles. The summed E-state index contributed by atoms with van der Waals surface area (Å²) in [7, 11) is 1.63. The number of methoxy groups -OCH3 is 1. The number of nitrogens with zero attached hydrogens (tertiary/aromatic N) is 3. The fraction of sp³-hybridized carbons (Fsp3) is 0.414. The second-order valence-corrected chi connectivity index (χ2v) is 10.3. The Bertz CT molecular complexity index is 1220. The summed E-state index contributed by atoms with van der Waals surface area (Å²) in [6, 6.07) is 15.5. The molecule has 0 bridgehead atoms. The Labute approximate surface area is 218 Å². The number of nitrogens with one attached hydrogen (secondary N) is 1. The minimum atomic E-state index is -0.540. The standard InChI is InChI=1S/C29H36N4O4/c1-6-20-7-9-22(10-8-20)31-27(34)25-19-30-33(23-11-13-24(36-5)14-12-23)26(25)21-15-17-32(18-16-21)28(35)37-29(2,3)4/h7-14,19,21H,6,15-18H2,1-5H3,(H,31,34). The highest BCUT2D eigenvalue weighted by Gasteiger charge is 2.32. The maximum atomic E-state index is 13.4. The van der Waals surface area contributed by atoms with Crippen LogP contribution in [0.5, 0.6) is 5.75 Å². The number of piperidine rings is 1. The third-order valence-corrected chi connectivity index (χ3v) is 6.52. The largest absolute Gasteiger partial charge is 0.497 e. The molecular formula is C29H36N4O4. The first-order valence-corrected chi connectivity index (χ1v) is 12.8. The molecule has 1 N–H and O–H groups in total. The zero-order chi connectivity index (χ0) is 26.6. The molecule has 8 nitrogen and oxygen atoms in total. The molecule has 37 heavy (non-hydrogen) atoms. The summed E-state index contributed by atoms with van der Waals surface area (Å²) in [5, 5.41) is 7.65. The van der Waals surface area contributed by atoms with Crippen molar-refractivity contribution in [2.75, 3.05) is 25.5 Å². The fourth-order valence-electron chi connectivity index (χ4n) is 4.54. The summed E-state index contributed by atoms with van der Waals surface area (Å²) in [6.07, 6.45) is 3.67. The lowest BCUT2D eigenvalue weighted by Crippen LogP contribution is -2.41. The number of rotatable bonds is 6. The summed E-state index contributed by atoms with van der Waals surface area (Å²) in [4.78, 5) is 27.8. The maximum absolute atomic E-state index is 13.4. The number of likely N-dealkylation sites (tertiary alicyclic amines) is 1. The van der Waals surface area contributed by atoms with E-state index in [0.29, 0.717) is 31.5 Å². The number of carbonyl (C=O) groups is 2. The first-order valence-electron chi connectivity index (χ1n) is 12.8. The van der Waals surface area contributed by atoms with E-state index in [0.717, 1.165) is 29.2 Å². The van der Waals surface area contributed by atoms with E-state index >= 15 is 0 Å². The van der Waals surface area contributed by atoms with Gasteiger partial charge < -0.3 is 19.7 Å². The number of carbonyl (C=O) groups excluding carboxylic acids is 2. The van der Waals surface area contributed by atoms with Gasteiger partial charge >= 0.3 is 6.09 Å². The molecule has 0 radical (unpaired) electrons. The van der Waals surface area contributed by atoms with Crippen molar-refractivity contribution in [2.24, 2.45) is 0 Å². The van der Waals surface area contributed by atoms with Crippen LogP contribution in [0.15, 0.2) is 54.7 Å². The number of hydrogen-bond donors (Lipinski definition) is 1. The van der Waals surface area contributed by atoms with Gasteiger partial charge in [-0.1, -0.05) is 19.1 Å². The average Bonchev–Trinajstić information content (AvgIpc) is 3.34. The van der Waals surface area contributed by atoms with Crippen LogP contribution in [-0.4, -0.2) is 52.5 Å². The molecule has 1 fully saturated rings. The number of hydrogen-bond acceptors (Lipinski definition) is 5. The SMILES string of the molecule is CCc1ccc(NC(=O)c2cnn(-c3ccc(OC)cc3)c2C2CCN(C(=O)OC(C)(C)C)CC2)cc1. The van der Waals surface area contributed by atoms with Crippen LogP contribution >= 0.6 is 0 Å². The van der Waals surface area contributed by atoms with Crippen LogP contribution in [0.3, 0.4) is 0 Å². The van der Waals surface area contributed by atoms with Gasteiger partial charge in [-0.2, -0.15) is 5.10 Å². The van der Waals surface area contributed by atoms with Gasteiger partial charge in [-0.3, -0.25) is 4.79 Å². The molecule has 4 rings (SSSR count). The predicted octanol–water partition coefficient (Wildman–Crippen LogP) is 5.81. The lowest BCUT2D eigenvalue weighted by molar-refractivity contribution is 0.0203. The van der Waals surface area contributed by atoms with Gasteiger partial charge in [0.1, 0.15) is 11.4 Å². The van der Waals surface area contributed by atoms with E-state index in [1.807, 2.05) is 74.0 Å². The number of ether oxygens (including phenoxy) is 2. The van der Waals surface area contributed by atoms with Gasteiger partial charge in [0.15, 0.2) is 0 Å². The minimum Gasteiger partial charge on any atom is -0.497 e. The minimum absolute atomic E-state index is 0.0477. The Balaban J connectivity index is 1.60. The Morgan fingerprint density at radius 2 is 1.68 bits per heavy atom. The highest BCUT2D eigenvalue weighted by Crippen LogP contribution is 2.33. The van der Waals surface area contributed by atoms with Gasteiger partial charge in [-0.05, 0) is 82.0 Å². The van der Waals surface area contributed by atoms with Crippen molar-refractivity contribution >= 4 is 17.7 Å². The van der Waals surface area contributed by atoms with E-state index in [1.54, 1.807) is 18.2 Å². The highest BCUT2D eigenvalue weighted by atomic mass is 16.6. The molecule has 0 unspecified atom stereocenters. The van der Waals surface area contributed by atoms with E-state index in [1.165, 1.54) is 5.56 Å². The first kappa shape index (κ1) is 26.3. The predicted molar refractivity (Wildman–Crippen MR) is 144 cm³/mol. The van der Waals surface area contributed by atoms with Crippen molar-refractivity contribution in [3.63, 3.8) is 0 Å². The third-order valence-electron chi connectivity index (χ3n) is 6.52. The zero-order valence-electron chi connectivity index (χ0n) is 22.3. The molecule has 1 aliphatic heterocycles. The summed E-state index contributed by atoms with van der Waals surface area (Å²) >= 11 is 0. The van der Waals surface area contributed by atoms with Gasteiger partial charge in [0.2, 0.25) is 0 Å². The van der Waals surface area contributed by atoms with Crippen molar-refractivity contribution in [1.82, 2.24) is 14.7 Å². The van der Waals surface area contributed by atoms with Gasteiger partial charge in [0.25, 0.3) is 5.91 Å². The van der Waals surface area contributed by atoms with E-state index in [9.17, 15) is 9.59 Å². The Morgan fingerprint density at radius 1 is 1.03 bits per heavy atom. The Morgan fingerprint density at radius 3 is 2.24 bits per heavy atom. The van der Waals surface area contributed by atoms with Crippen LogP contribution in [-0.2, 0) is 11.2 Å². The van der Waals surface area contributed by atoms with Gasteiger partial charge in [-0.15, -0.1) is 0 Å². The van der Waals surface area contributed by atoms with Crippen LogP contribution in [0.25, 0.3) is 5.69 Å². The number of aryl methyl sites for hydroxylation is 1. The smallest absolute Gasteiger partial charge is 0.410 e. The zero-order valence-corrected chi connectivity index (χ0v) is 22.3. The molecule has 2 heterocycles. The number of anilines is 1. The van der Waals surface area contributed by atoms with Gasteiger partial charge in [0.05, 0.1) is 30.3 Å².